The van der Waals surface area contributed by atoms with E-state index in [4.69, 9.17) is 5.73 Å². The number of hydrogen-bond donors (Lipinski definition) is 10. The Kier molecular flexibility index (Phi) is 22.0. The molecule has 406 valence electrons. The van der Waals surface area contributed by atoms with Crippen LogP contribution in [-0.2, 0) is 54.4 Å². The molecule has 73 heavy (non-hydrogen) atoms. The number of nitrogens with one attached hydrogen (secondary N) is 5. The minimum Gasteiger partial charge on any atom is -0.508 e. The van der Waals surface area contributed by atoms with Gasteiger partial charge >= 0.3 is 11.9 Å². The van der Waals surface area contributed by atoms with Gasteiger partial charge < -0.3 is 67.4 Å². The molecule has 0 saturated carbocycles. The molecule has 23 nitrogen and oxygen atoms in total. The Balaban J connectivity index is 1.47. The first-order valence-corrected chi connectivity index (χ1v) is 25.4. The molecule has 4 rings (SSSR count). The predicted molar refractivity (Wildman–Crippen MR) is 264 cm³/mol. The SMILES string of the molecule is CC[C@H](C)[C@H](NC(=O)[C@H](CC(=O)O)NC(=O)[C@H](CC(C)C)NC(=O)[C@@H]1CCCN1C(=O)[C@@H]1CCCN1C(=O)[C@@H](N)CC(C)C)C(=O)N[C@H](C(=O)N1CCC[C@H]1C(=O)N[C@@H](Cc1ccc(O)cc1)C(=O)O)[C@@H](C)O. The Bertz CT molecular complexity index is 2160. The van der Waals surface area contributed by atoms with Crippen molar-refractivity contribution in [1.82, 2.24) is 41.3 Å². The first-order chi connectivity index (χ1) is 34.3. The quantitative estimate of drug-likeness (QED) is 0.0603. The molecule has 23 heteroatoms. The average molecular weight is 1030 g/mol. The van der Waals surface area contributed by atoms with Gasteiger partial charge in [0.05, 0.1) is 18.6 Å². The fourth-order valence-corrected chi connectivity index (χ4v) is 9.64. The zero-order valence-electron chi connectivity index (χ0n) is 43.0. The number of nitrogens with zero attached hydrogens (tertiary/aromatic N) is 3. The zero-order chi connectivity index (χ0) is 54.4. The van der Waals surface area contributed by atoms with Crippen LogP contribution in [0, 0.1) is 17.8 Å². The summed E-state index contributed by atoms with van der Waals surface area (Å²) in [6.07, 6.45) is 0.348. The van der Waals surface area contributed by atoms with Gasteiger partial charge in [0, 0.05) is 26.1 Å². The Morgan fingerprint density at radius 2 is 1.11 bits per heavy atom. The second kappa shape index (κ2) is 27.1. The van der Waals surface area contributed by atoms with E-state index in [-0.39, 0.29) is 68.7 Å². The molecule has 0 spiro atoms. The molecule has 3 heterocycles. The number of aliphatic hydroxyl groups excluding tert-OH is 1. The molecular weight excluding hydrogens is 951 g/mol. The second-order valence-corrected chi connectivity index (χ2v) is 20.5. The molecule has 3 aliphatic heterocycles. The number of carboxylic acids is 2. The van der Waals surface area contributed by atoms with E-state index >= 15 is 0 Å². The summed E-state index contributed by atoms with van der Waals surface area (Å²) in [6, 6.07) is -5.59. The highest BCUT2D eigenvalue weighted by Crippen LogP contribution is 2.27. The molecule has 0 bridgehead atoms. The van der Waals surface area contributed by atoms with Crippen LogP contribution in [0.5, 0.6) is 5.75 Å². The molecule has 3 saturated heterocycles. The number of rotatable bonds is 25. The van der Waals surface area contributed by atoms with Crippen molar-refractivity contribution >= 4 is 59.2 Å². The van der Waals surface area contributed by atoms with E-state index in [1.165, 1.54) is 41.0 Å². The lowest BCUT2D eigenvalue weighted by atomic mass is 9.96. The van der Waals surface area contributed by atoms with Crippen molar-refractivity contribution in [2.75, 3.05) is 19.6 Å². The lowest BCUT2D eigenvalue weighted by Crippen LogP contribution is -2.62. The summed E-state index contributed by atoms with van der Waals surface area (Å²) in [6.45, 7) is 12.6. The van der Waals surface area contributed by atoms with Crippen molar-refractivity contribution in [3.63, 3.8) is 0 Å². The molecular formula is C50H77N9O14. The predicted octanol–water partition coefficient (Wildman–Crippen LogP) is -0.263. The van der Waals surface area contributed by atoms with Crippen molar-refractivity contribution in [1.29, 1.82) is 0 Å². The first-order valence-electron chi connectivity index (χ1n) is 25.4. The third-order valence-corrected chi connectivity index (χ3v) is 13.7. The normalized spacial score (nSPS) is 21.0. The topological polar surface area (TPSA) is 348 Å². The molecule has 11 atom stereocenters. The van der Waals surface area contributed by atoms with Gasteiger partial charge in [0.2, 0.25) is 47.3 Å². The van der Waals surface area contributed by atoms with Crippen molar-refractivity contribution in [2.24, 2.45) is 23.5 Å². The molecule has 0 unspecified atom stereocenters. The average Bonchev–Trinajstić information content (AvgIpc) is 4.13. The largest absolute Gasteiger partial charge is 0.508 e. The standard InChI is InChI=1S/C50H77N9O14/c1-8-28(6)40(46(68)56-41(29(7)60)49(71)58-20-10-13-37(58)45(67)54-35(50(72)73)24-30-15-17-31(61)18-16-30)55-43(65)34(25-39(62)63)52-42(64)33(23-27(4)5)53-44(66)36-12-9-19-57(36)48(70)38-14-11-21-59(38)47(69)32(51)22-26(2)3/h15-18,26-29,32-38,40-41,60-61H,8-14,19-25,51H2,1-7H3,(H,52,64)(H,53,66)(H,54,67)(H,55,65)(H,56,68)(H,62,63)(H,72,73)/t28-,29+,32-,33-,34-,35-,36-,37-,38-,40-,41-/m0/s1. The summed E-state index contributed by atoms with van der Waals surface area (Å²) in [5.74, 6) is -9.55. The van der Waals surface area contributed by atoms with E-state index < -0.39 is 126 Å². The van der Waals surface area contributed by atoms with Crippen molar-refractivity contribution in [3.05, 3.63) is 29.8 Å². The number of hydrogen-bond acceptors (Lipinski definition) is 13. The molecule has 1 aromatic rings. The van der Waals surface area contributed by atoms with Gasteiger partial charge in [0.1, 0.15) is 54.1 Å². The third-order valence-electron chi connectivity index (χ3n) is 13.7. The number of nitrogens with two attached hydrogens (primary N) is 1. The molecule has 8 amide bonds. The number of likely N-dealkylation sites (tertiary alicyclic amines) is 3. The van der Waals surface area contributed by atoms with E-state index in [2.05, 4.69) is 26.6 Å². The number of amides is 8. The van der Waals surface area contributed by atoms with E-state index in [0.29, 0.717) is 44.2 Å². The number of carbonyl (C=O) groups is 10. The van der Waals surface area contributed by atoms with Crippen LogP contribution in [0.3, 0.4) is 0 Å². The summed E-state index contributed by atoms with van der Waals surface area (Å²) in [5, 5.41) is 52.8. The fourth-order valence-electron chi connectivity index (χ4n) is 9.64. The van der Waals surface area contributed by atoms with Crippen LogP contribution < -0.4 is 32.3 Å². The first kappa shape index (κ1) is 59.2. The maximum absolute atomic E-state index is 14.1. The van der Waals surface area contributed by atoms with E-state index in [1.807, 2.05) is 13.8 Å². The van der Waals surface area contributed by atoms with Crippen LogP contribution in [-0.4, -0.2) is 174 Å². The lowest BCUT2D eigenvalue weighted by molar-refractivity contribution is -0.147. The Morgan fingerprint density at radius 1 is 0.616 bits per heavy atom. The van der Waals surface area contributed by atoms with E-state index in [9.17, 15) is 68.4 Å². The van der Waals surface area contributed by atoms with Crippen molar-refractivity contribution in [3.8, 4) is 5.75 Å². The number of aliphatic carboxylic acids is 2. The fraction of sp³-hybridized carbons (Fsp3) is 0.680. The number of carbonyl (C=O) groups excluding carboxylic acids is 8. The van der Waals surface area contributed by atoms with Gasteiger partial charge in [-0.2, -0.15) is 0 Å². The molecule has 0 aromatic heterocycles. The van der Waals surface area contributed by atoms with Crippen LogP contribution in [0.25, 0.3) is 0 Å². The second-order valence-electron chi connectivity index (χ2n) is 20.5. The summed E-state index contributed by atoms with van der Waals surface area (Å²) in [4.78, 5) is 139. The highest BCUT2D eigenvalue weighted by atomic mass is 16.4. The van der Waals surface area contributed by atoms with E-state index in [1.54, 1.807) is 27.7 Å². The molecule has 11 N–H and O–H groups in total. The Labute approximate surface area is 426 Å². The van der Waals surface area contributed by atoms with Crippen molar-refractivity contribution < 1.29 is 68.4 Å². The molecule has 3 aliphatic rings. The number of phenols is 1. The highest BCUT2D eigenvalue weighted by molar-refractivity contribution is 5.99. The Hall–Kier alpha value is -6.36. The summed E-state index contributed by atoms with van der Waals surface area (Å²) < 4.78 is 0. The minimum absolute atomic E-state index is 0.0265. The smallest absolute Gasteiger partial charge is 0.326 e. The number of aliphatic hydroxyl groups is 1. The molecule has 3 fully saturated rings. The van der Waals surface area contributed by atoms with Crippen LogP contribution in [0.2, 0.25) is 0 Å². The molecule has 0 radical (unpaired) electrons. The van der Waals surface area contributed by atoms with Crippen LogP contribution >= 0.6 is 0 Å². The Morgan fingerprint density at radius 3 is 1.63 bits per heavy atom. The van der Waals surface area contributed by atoms with E-state index in [0.717, 1.165) is 4.90 Å². The third kappa shape index (κ3) is 16.3. The van der Waals surface area contributed by atoms with Crippen LogP contribution in [0.4, 0.5) is 0 Å². The van der Waals surface area contributed by atoms with Gasteiger partial charge in [-0.3, -0.25) is 43.2 Å². The van der Waals surface area contributed by atoms with Crippen LogP contribution in [0.15, 0.2) is 24.3 Å². The summed E-state index contributed by atoms with van der Waals surface area (Å²) in [7, 11) is 0. The number of aromatic hydroxyl groups is 1. The van der Waals surface area contributed by atoms with Gasteiger partial charge in [0.15, 0.2) is 0 Å². The number of carboxylic acid groups (broad SMARTS) is 2. The minimum atomic E-state index is -1.78. The lowest BCUT2D eigenvalue weighted by Gasteiger charge is -2.33. The zero-order valence-corrected chi connectivity index (χ0v) is 43.0. The number of phenolic OH excluding ortho intramolecular Hbond substituents is 1. The van der Waals surface area contributed by atoms with Gasteiger partial charge in [0.25, 0.3) is 0 Å². The number of benzene rings is 1. The molecule has 1 aromatic carbocycles. The highest BCUT2D eigenvalue weighted by Gasteiger charge is 2.45. The maximum Gasteiger partial charge on any atom is 0.326 e. The van der Waals surface area contributed by atoms with Crippen molar-refractivity contribution in [2.45, 2.75) is 180 Å². The summed E-state index contributed by atoms with van der Waals surface area (Å²) in [5.41, 5.74) is 6.72. The molecule has 0 aliphatic carbocycles. The monoisotopic (exact) mass is 1030 g/mol. The van der Waals surface area contributed by atoms with Gasteiger partial charge in [-0.05, 0) is 93.7 Å². The maximum atomic E-state index is 14.1. The van der Waals surface area contributed by atoms with Gasteiger partial charge in [-0.1, -0.05) is 60.1 Å². The van der Waals surface area contributed by atoms with Crippen LogP contribution in [0.1, 0.15) is 118 Å². The summed E-state index contributed by atoms with van der Waals surface area (Å²) >= 11 is 0. The van der Waals surface area contributed by atoms with Gasteiger partial charge in [-0.25, -0.2) is 4.79 Å². The van der Waals surface area contributed by atoms with Gasteiger partial charge in [-0.15, -0.1) is 0 Å².